The maximum Gasteiger partial charge on any atom is 0.227 e. The molecule has 2 fully saturated rings. The van der Waals surface area contributed by atoms with E-state index in [0.717, 1.165) is 25.2 Å². The van der Waals surface area contributed by atoms with Gasteiger partial charge in [-0.3, -0.25) is 4.79 Å². The van der Waals surface area contributed by atoms with E-state index in [9.17, 15) is 4.79 Å². The Labute approximate surface area is 106 Å². The van der Waals surface area contributed by atoms with Crippen LogP contribution in [-0.2, 0) is 11.2 Å². The lowest BCUT2D eigenvalue weighted by Gasteiger charge is -2.24. The van der Waals surface area contributed by atoms with E-state index in [1.807, 2.05) is 11.4 Å². The lowest BCUT2D eigenvalue weighted by molar-refractivity contribution is -0.131. The van der Waals surface area contributed by atoms with E-state index in [1.54, 1.807) is 11.3 Å². The molecule has 1 aromatic heterocycles. The van der Waals surface area contributed by atoms with Gasteiger partial charge in [-0.15, -0.1) is 0 Å². The molecule has 3 heterocycles. The van der Waals surface area contributed by atoms with E-state index >= 15 is 0 Å². The molecule has 3 rings (SSSR count). The lowest BCUT2D eigenvalue weighted by atomic mass is 9.95. The van der Waals surface area contributed by atoms with Gasteiger partial charge in [-0.2, -0.15) is 11.3 Å². The largest absolute Gasteiger partial charge is 0.339 e. The van der Waals surface area contributed by atoms with Gasteiger partial charge in [-0.1, -0.05) is 0 Å². The number of nitrogens with one attached hydrogen (secondary N) is 1. The normalized spacial score (nSPS) is 31.8. The minimum absolute atomic E-state index is 0.297. The van der Waals surface area contributed by atoms with Gasteiger partial charge in [0.2, 0.25) is 5.91 Å². The fraction of sp³-hybridized carbons (Fsp3) is 0.615. The summed E-state index contributed by atoms with van der Waals surface area (Å²) in [6.07, 6.45) is 0.570. The van der Waals surface area contributed by atoms with Crippen LogP contribution in [0.5, 0.6) is 0 Å². The Balaban J connectivity index is 1.67. The van der Waals surface area contributed by atoms with Crippen molar-refractivity contribution in [3.05, 3.63) is 22.4 Å². The highest BCUT2D eigenvalue weighted by atomic mass is 32.1. The van der Waals surface area contributed by atoms with Crippen molar-refractivity contribution in [1.82, 2.24) is 10.2 Å². The first-order valence-corrected chi connectivity index (χ1v) is 7.21. The third-order valence-corrected chi connectivity index (χ3v) is 4.92. The molecule has 0 radical (unpaired) electrons. The Morgan fingerprint density at radius 1 is 1.59 bits per heavy atom. The molecule has 0 saturated carbocycles. The zero-order valence-corrected chi connectivity index (χ0v) is 10.9. The minimum Gasteiger partial charge on any atom is -0.339 e. The summed E-state index contributed by atoms with van der Waals surface area (Å²) in [6.45, 7) is 5.30. The van der Waals surface area contributed by atoms with Gasteiger partial charge in [-0.25, -0.2) is 0 Å². The maximum atomic E-state index is 12.3. The Morgan fingerprint density at radius 3 is 3.18 bits per heavy atom. The molecule has 3 atom stereocenters. The van der Waals surface area contributed by atoms with Crippen LogP contribution in [0.15, 0.2) is 16.8 Å². The van der Waals surface area contributed by atoms with Gasteiger partial charge >= 0.3 is 0 Å². The minimum atomic E-state index is 0.297. The van der Waals surface area contributed by atoms with E-state index in [4.69, 9.17) is 0 Å². The summed E-state index contributed by atoms with van der Waals surface area (Å²) in [4.78, 5) is 14.4. The van der Waals surface area contributed by atoms with E-state index in [1.165, 1.54) is 0 Å². The SMILES string of the molecule is CC1C2CNCC2CN1C(=O)Cc1ccsc1. The first kappa shape index (κ1) is 11.2. The third kappa shape index (κ3) is 2.00. The number of rotatable bonds is 2. The van der Waals surface area contributed by atoms with E-state index in [2.05, 4.69) is 22.5 Å². The van der Waals surface area contributed by atoms with E-state index in [-0.39, 0.29) is 0 Å². The van der Waals surface area contributed by atoms with Gasteiger partial charge in [0.25, 0.3) is 0 Å². The first-order valence-electron chi connectivity index (χ1n) is 6.27. The van der Waals surface area contributed by atoms with Crippen LogP contribution in [0, 0.1) is 11.8 Å². The molecule has 1 N–H and O–H groups in total. The predicted molar refractivity (Wildman–Crippen MR) is 69.0 cm³/mol. The first-order chi connectivity index (χ1) is 8.25. The van der Waals surface area contributed by atoms with Crippen molar-refractivity contribution >= 4 is 17.2 Å². The number of amides is 1. The summed E-state index contributed by atoms with van der Waals surface area (Å²) in [5, 5.41) is 7.53. The molecule has 17 heavy (non-hydrogen) atoms. The van der Waals surface area contributed by atoms with Crippen molar-refractivity contribution in [2.75, 3.05) is 19.6 Å². The molecule has 0 spiro atoms. The molecule has 3 nitrogen and oxygen atoms in total. The van der Waals surface area contributed by atoms with Gasteiger partial charge < -0.3 is 10.2 Å². The van der Waals surface area contributed by atoms with Crippen molar-refractivity contribution in [1.29, 1.82) is 0 Å². The summed E-state index contributed by atoms with van der Waals surface area (Å²) in [5.74, 6) is 1.64. The fourth-order valence-corrected chi connectivity index (χ4v) is 3.83. The quantitative estimate of drug-likeness (QED) is 0.859. The van der Waals surface area contributed by atoms with Crippen molar-refractivity contribution in [2.45, 2.75) is 19.4 Å². The molecule has 1 aromatic rings. The number of nitrogens with zero attached hydrogens (tertiary/aromatic N) is 1. The highest BCUT2D eigenvalue weighted by molar-refractivity contribution is 7.07. The van der Waals surface area contributed by atoms with Gasteiger partial charge in [0.1, 0.15) is 0 Å². The third-order valence-electron chi connectivity index (χ3n) is 4.19. The second-order valence-corrected chi connectivity index (χ2v) is 5.96. The van der Waals surface area contributed by atoms with Crippen LogP contribution in [0.2, 0.25) is 0 Å². The van der Waals surface area contributed by atoms with Crippen molar-refractivity contribution in [2.24, 2.45) is 11.8 Å². The van der Waals surface area contributed by atoms with Crippen LogP contribution in [0.1, 0.15) is 12.5 Å². The summed E-state index contributed by atoms with van der Waals surface area (Å²) in [6, 6.07) is 2.45. The van der Waals surface area contributed by atoms with Crippen LogP contribution >= 0.6 is 11.3 Å². The van der Waals surface area contributed by atoms with Gasteiger partial charge in [-0.05, 0) is 41.1 Å². The Hall–Kier alpha value is -0.870. The van der Waals surface area contributed by atoms with Crippen LogP contribution < -0.4 is 5.32 Å². The number of likely N-dealkylation sites (tertiary alicyclic amines) is 1. The number of hydrogen-bond acceptors (Lipinski definition) is 3. The molecule has 1 amide bonds. The number of carbonyl (C=O) groups excluding carboxylic acids is 1. The molecule has 92 valence electrons. The van der Waals surface area contributed by atoms with E-state index < -0.39 is 0 Å². The second kappa shape index (κ2) is 4.42. The molecular weight excluding hydrogens is 232 g/mol. The molecule has 0 aliphatic carbocycles. The number of carbonyl (C=O) groups is 1. The topological polar surface area (TPSA) is 32.3 Å². The lowest BCUT2D eigenvalue weighted by Crippen LogP contribution is -2.38. The molecule has 2 aliphatic heterocycles. The van der Waals surface area contributed by atoms with Crippen molar-refractivity contribution in [3.63, 3.8) is 0 Å². The van der Waals surface area contributed by atoms with Gasteiger partial charge in [0.05, 0.1) is 6.42 Å². The summed E-state index contributed by atoms with van der Waals surface area (Å²) >= 11 is 1.66. The molecule has 0 bridgehead atoms. The second-order valence-electron chi connectivity index (χ2n) is 5.18. The molecule has 4 heteroatoms. The van der Waals surface area contributed by atoms with Crippen LogP contribution in [0.25, 0.3) is 0 Å². The zero-order valence-electron chi connectivity index (χ0n) is 10.1. The summed E-state index contributed by atoms with van der Waals surface area (Å²) in [7, 11) is 0. The summed E-state index contributed by atoms with van der Waals surface area (Å²) in [5.41, 5.74) is 1.15. The molecule has 0 aromatic carbocycles. The Bertz CT molecular complexity index is 404. The Morgan fingerprint density at radius 2 is 2.47 bits per heavy atom. The highest BCUT2D eigenvalue weighted by Crippen LogP contribution is 2.32. The molecule has 3 unspecified atom stereocenters. The Kier molecular flexibility index (Phi) is 2.92. The highest BCUT2D eigenvalue weighted by Gasteiger charge is 2.43. The molecular formula is C13H18N2OS. The molecule has 2 aliphatic rings. The number of thiophene rings is 1. The number of hydrogen-bond donors (Lipinski definition) is 1. The fourth-order valence-electron chi connectivity index (χ4n) is 3.17. The van der Waals surface area contributed by atoms with Crippen molar-refractivity contribution < 1.29 is 4.79 Å². The van der Waals surface area contributed by atoms with Crippen LogP contribution in [-0.4, -0.2) is 36.5 Å². The maximum absolute atomic E-state index is 12.3. The monoisotopic (exact) mass is 250 g/mol. The predicted octanol–water partition coefficient (Wildman–Crippen LogP) is 1.36. The van der Waals surface area contributed by atoms with Crippen LogP contribution in [0.3, 0.4) is 0 Å². The average molecular weight is 250 g/mol. The van der Waals surface area contributed by atoms with E-state index in [0.29, 0.717) is 30.2 Å². The van der Waals surface area contributed by atoms with Crippen LogP contribution in [0.4, 0.5) is 0 Å². The average Bonchev–Trinajstić information content (AvgIpc) is 2.97. The number of fused-ring (bicyclic) bond motifs is 1. The van der Waals surface area contributed by atoms with Crippen molar-refractivity contribution in [3.8, 4) is 0 Å². The molecule has 2 saturated heterocycles. The van der Waals surface area contributed by atoms with Gasteiger partial charge in [0.15, 0.2) is 0 Å². The smallest absolute Gasteiger partial charge is 0.227 e. The van der Waals surface area contributed by atoms with Gasteiger partial charge in [0, 0.05) is 25.7 Å². The zero-order chi connectivity index (χ0) is 11.8. The summed E-state index contributed by atoms with van der Waals surface area (Å²) < 4.78 is 0. The standard InChI is InChI=1S/C13H18N2OS/c1-9-12-6-14-5-11(12)7-15(9)13(16)4-10-2-3-17-8-10/h2-3,8-9,11-12,14H,4-7H2,1H3.